The molecule has 15 heavy (non-hydrogen) atoms. The Morgan fingerprint density at radius 1 is 1.27 bits per heavy atom. The molecule has 1 heterocycles. The first-order valence-electron chi connectivity index (χ1n) is 4.43. The number of hydrogen-bond acceptors (Lipinski definition) is 3. The Balaban J connectivity index is 2.46. The monoisotopic (exact) mass is 199 g/mol. The number of hydrogen-bond donors (Lipinski definition) is 1. The molecular weight excluding hydrogens is 190 g/mol. The molecule has 0 aliphatic rings. The third kappa shape index (κ3) is 1.99. The number of carbonyl (C=O) groups is 1. The fourth-order valence-electron chi connectivity index (χ4n) is 1.29. The van der Waals surface area contributed by atoms with Gasteiger partial charge in [-0.1, -0.05) is 12.1 Å². The van der Waals surface area contributed by atoms with E-state index in [9.17, 15) is 4.79 Å². The van der Waals surface area contributed by atoms with Crippen LogP contribution in [0.4, 0.5) is 0 Å². The van der Waals surface area contributed by atoms with E-state index in [-0.39, 0.29) is 0 Å². The molecule has 0 fully saturated rings. The number of primary amides is 1. The van der Waals surface area contributed by atoms with E-state index in [0.717, 1.165) is 11.3 Å². The van der Waals surface area contributed by atoms with E-state index in [1.165, 1.54) is 6.33 Å². The van der Waals surface area contributed by atoms with Crippen molar-refractivity contribution in [2.45, 2.75) is 0 Å². The molecular formula is C11H9N3O. The van der Waals surface area contributed by atoms with Crippen LogP contribution >= 0.6 is 0 Å². The zero-order chi connectivity index (χ0) is 10.7. The predicted molar refractivity (Wildman–Crippen MR) is 56.0 cm³/mol. The van der Waals surface area contributed by atoms with E-state index in [1.807, 2.05) is 6.07 Å². The van der Waals surface area contributed by atoms with Gasteiger partial charge in [0.05, 0.1) is 5.69 Å². The molecule has 4 nitrogen and oxygen atoms in total. The molecule has 0 unspecified atom stereocenters. The van der Waals surface area contributed by atoms with Crippen LogP contribution in [0.3, 0.4) is 0 Å². The van der Waals surface area contributed by atoms with E-state index >= 15 is 0 Å². The van der Waals surface area contributed by atoms with Gasteiger partial charge in [0.25, 0.3) is 0 Å². The summed E-state index contributed by atoms with van der Waals surface area (Å²) in [6, 6.07) is 8.81. The quantitative estimate of drug-likeness (QED) is 0.791. The Bertz CT molecular complexity index is 482. The summed E-state index contributed by atoms with van der Waals surface area (Å²) in [5, 5.41) is 0. The van der Waals surface area contributed by atoms with Crippen LogP contribution in [0.25, 0.3) is 11.3 Å². The normalized spacial score (nSPS) is 9.87. The van der Waals surface area contributed by atoms with Gasteiger partial charge >= 0.3 is 0 Å². The molecule has 2 rings (SSSR count). The second-order valence-electron chi connectivity index (χ2n) is 3.04. The van der Waals surface area contributed by atoms with Gasteiger partial charge in [-0.15, -0.1) is 0 Å². The van der Waals surface area contributed by atoms with Gasteiger partial charge in [0.1, 0.15) is 6.33 Å². The minimum absolute atomic E-state index is 0.439. The fourth-order valence-corrected chi connectivity index (χ4v) is 1.29. The maximum atomic E-state index is 11.0. The molecule has 1 aromatic carbocycles. The maximum absolute atomic E-state index is 11.0. The molecule has 0 spiro atoms. The number of amides is 1. The van der Waals surface area contributed by atoms with Gasteiger partial charge in [-0.25, -0.2) is 9.97 Å². The van der Waals surface area contributed by atoms with E-state index in [2.05, 4.69) is 9.97 Å². The van der Waals surface area contributed by atoms with Crippen molar-refractivity contribution in [3.63, 3.8) is 0 Å². The summed E-state index contributed by atoms with van der Waals surface area (Å²) in [5.41, 5.74) is 7.29. The highest BCUT2D eigenvalue weighted by atomic mass is 16.1. The van der Waals surface area contributed by atoms with E-state index in [0.29, 0.717) is 5.56 Å². The molecule has 0 saturated carbocycles. The molecule has 1 amide bonds. The molecule has 0 atom stereocenters. The van der Waals surface area contributed by atoms with Crippen LogP contribution in [0.15, 0.2) is 42.9 Å². The largest absolute Gasteiger partial charge is 0.366 e. The van der Waals surface area contributed by atoms with Gasteiger partial charge in [0.15, 0.2) is 0 Å². The fraction of sp³-hybridized carbons (Fsp3) is 0. The topological polar surface area (TPSA) is 68.9 Å². The van der Waals surface area contributed by atoms with Crippen molar-refractivity contribution in [2.24, 2.45) is 5.73 Å². The summed E-state index contributed by atoms with van der Waals surface area (Å²) in [7, 11) is 0. The van der Waals surface area contributed by atoms with E-state index in [4.69, 9.17) is 5.73 Å². The number of nitrogens with zero attached hydrogens (tertiary/aromatic N) is 2. The first-order valence-corrected chi connectivity index (χ1v) is 4.43. The molecule has 1 aromatic heterocycles. The first kappa shape index (κ1) is 9.33. The molecule has 2 N–H and O–H groups in total. The minimum Gasteiger partial charge on any atom is -0.366 e. The molecule has 0 aliphatic carbocycles. The smallest absolute Gasteiger partial charge is 0.248 e. The summed E-state index contributed by atoms with van der Waals surface area (Å²) >= 11 is 0. The summed E-state index contributed by atoms with van der Waals surface area (Å²) < 4.78 is 0. The van der Waals surface area contributed by atoms with Gasteiger partial charge in [0.2, 0.25) is 5.91 Å². The van der Waals surface area contributed by atoms with E-state index in [1.54, 1.807) is 30.5 Å². The third-order valence-corrected chi connectivity index (χ3v) is 2.02. The van der Waals surface area contributed by atoms with Crippen molar-refractivity contribution in [3.05, 3.63) is 48.4 Å². The summed E-state index contributed by atoms with van der Waals surface area (Å²) in [4.78, 5) is 18.9. The summed E-state index contributed by atoms with van der Waals surface area (Å²) in [6.45, 7) is 0. The highest BCUT2D eigenvalue weighted by Crippen LogP contribution is 2.16. The van der Waals surface area contributed by atoms with Crippen LogP contribution < -0.4 is 5.73 Å². The van der Waals surface area contributed by atoms with Crippen molar-refractivity contribution < 1.29 is 4.79 Å². The molecule has 0 aliphatic heterocycles. The van der Waals surface area contributed by atoms with Crippen molar-refractivity contribution in [1.82, 2.24) is 9.97 Å². The van der Waals surface area contributed by atoms with Crippen molar-refractivity contribution >= 4 is 5.91 Å². The lowest BCUT2D eigenvalue weighted by Crippen LogP contribution is -2.10. The average Bonchev–Trinajstić information content (AvgIpc) is 2.30. The van der Waals surface area contributed by atoms with Crippen LogP contribution in [0.2, 0.25) is 0 Å². The van der Waals surface area contributed by atoms with Crippen LogP contribution in [0.5, 0.6) is 0 Å². The van der Waals surface area contributed by atoms with Crippen LogP contribution in [-0.4, -0.2) is 15.9 Å². The van der Waals surface area contributed by atoms with Crippen molar-refractivity contribution in [2.75, 3.05) is 0 Å². The molecule has 0 saturated heterocycles. The third-order valence-electron chi connectivity index (χ3n) is 2.02. The molecule has 0 radical (unpaired) electrons. The average molecular weight is 199 g/mol. The Hall–Kier alpha value is -2.23. The number of aromatic nitrogens is 2. The Morgan fingerprint density at radius 2 is 2.13 bits per heavy atom. The second-order valence-corrected chi connectivity index (χ2v) is 3.04. The maximum Gasteiger partial charge on any atom is 0.248 e. The zero-order valence-electron chi connectivity index (χ0n) is 7.92. The number of carbonyl (C=O) groups excluding carboxylic acids is 1. The molecule has 0 bridgehead atoms. The predicted octanol–water partition coefficient (Wildman–Crippen LogP) is 1.24. The molecule has 2 aromatic rings. The van der Waals surface area contributed by atoms with Crippen LogP contribution in [0.1, 0.15) is 10.4 Å². The van der Waals surface area contributed by atoms with E-state index < -0.39 is 5.91 Å². The SMILES string of the molecule is NC(=O)c1cccc(-c2ccncn2)c1. The lowest BCUT2D eigenvalue weighted by Gasteiger charge is -2.01. The molecule has 74 valence electrons. The highest BCUT2D eigenvalue weighted by Gasteiger charge is 2.03. The zero-order valence-corrected chi connectivity index (χ0v) is 7.92. The van der Waals surface area contributed by atoms with Gasteiger partial charge in [-0.3, -0.25) is 4.79 Å². The van der Waals surface area contributed by atoms with Gasteiger partial charge < -0.3 is 5.73 Å². The molecule has 4 heteroatoms. The summed E-state index contributed by atoms with van der Waals surface area (Å²) in [5.74, 6) is -0.439. The first-order chi connectivity index (χ1) is 7.27. The standard InChI is InChI=1S/C11H9N3O/c12-11(15)9-3-1-2-8(6-9)10-4-5-13-7-14-10/h1-7H,(H2,12,15). The Kier molecular flexibility index (Phi) is 2.41. The van der Waals surface area contributed by atoms with Crippen molar-refractivity contribution in [3.8, 4) is 11.3 Å². The second kappa shape index (κ2) is 3.88. The highest BCUT2D eigenvalue weighted by molar-refractivity contribution is 5.93. The van der Waals surface area contributed by atoms with Crippen molar-refractivity contribution in [1.29, 1.82) is 0 Å². The number of benzene rings is 1. The number of rotatable bonds is 2. The lowest BCUT2D eigenvalue weighted by molar-refractivity contribution is 0.100. The van der Waals surface area contributed by atoms with Gasteiger partial charge in [-0.05, 0) is 18.2 Å². The number of nitrogens with two attached hydrogens (primary N) is 1. The van der Waals surface area contributed by atoms with Gasteiger partial charge in [0, 0.05) is 17.3 Å². The lowest BCUT2D eigenvalue weighted by atomic mass is 10.1. The minimum atomic E-state index is -0.439. The summed E-state index contributed by atoms with van der Waals surface area (Å²) in [6.07, 6.45) is 3.12. The Labute approximate surface area is 86.8 Å². The van der Waals surface area contributed by atoms with Gasteiger partial charge in [-0.2, -0.15) is 0 Å². The Morgan fingerprint density at radius 3 is 2.80 bits per heavy atom. The van der Waals surface area contributed by atoms with Crippen LogP contribution in [-0.2, 0) is 0 Å². The van der Waals surface area contributed by atoms with Crippen LogP contribution in [0, 0.1) is 0 Å².